The van der Waals surface area contributed by atoms with Gasteiger partial charge in [0.15, 0.2) is 16.8 Å². The third-order valence-corrected chi connectivity index (χ3v) is 6.17. The highest BCUT2D eigenvalue weighted by Gasteiger charge is 2.49. The maximum atomic E-state index is 13.5. The first-order valence-corrected chi connectivity index (χ1v) is 10.3. The second kappa shape index (κ2) is 7.44. The first-order valence-electron chi connectivity index (χ1n) is 9.89. The molecule has 3 atom stereocenters. The molecule has 5 rings (SSSR count). The summed E-state index contributed by atoms with van der Waals surface area (Å²) in [4.78, 5) is 18.0. The Morgan fingerprint density at radius 2 is 2.09 bits per heavy atom. The normalized spacial score (nSPS) is 22.6. The molecule has 0 aliphatic carbocycles. The minimum Gasteiger partial charge on any atom is -0.494 e. The second-order valence-corrected chi connectivity index (χ2v) is 7.99. The summed E-state index contributed by atoms with van der Waals surface area (Å²) in [6, 6.07) is 12.8. The largest absolute Gasteiger partial charge is 0.494 e. The van der Waals surface area contributed by atoms with Gasteiger partial charge in [-0.1, -0.05) is 41.9 Å². The lowest BCUT2D eigenvalue weighted by molar-refractivity contribution is -0.130. The summed E-state index contributed by atoms with van der Waals surface area (Å²) in [5.41, 5.74) is 11.6. The number of nitrogens with zero attached hydrogens (tertiary/aromatic N) is 3. The van der Waals surface area contributed by atoms with E-state index in [4.69, 9.17) is 26.5 Å². The van der Waals surface area contributed by atoms with E-state index in [0.717, 1.165) is 5.56 Å². The molecular weight excluding hydrogens is 432 g/mol. The number of carbonyl (C=O) groups is 1. The molecule has 0 spiro atoms. The third-order valence-electron chi connectivity index (χ3n) is 5.78. The molecule has 32 heavy (non-hydrogen) atoms. The summed E-state index contributed by atoms with van der Waals surface area (Å²) >= 11 is 6.30. The zero-order valence-corrected chi connectivity index (χ0v) is 18.0. The lowest BCUT2D eigenvalue weighted by atomic mass is 9.90. The number of nitrogens with two attached hydrogens (primary N) is 1. The molecule has 3 heterocycles. The van der Waals surface area contributed by atoms with Gasteiger partial charge in [0.05, 0.1) is 24.8 Å². The number of hydrazine groups is 1. The average molecular weight is 451 g/mol. The molecule has 0 saturated carbocycles. The Morgan fingerprint density at radius 3 is 2.78 bits per heavy atom. The van der Waals surface area contributed by atoms with Crippen molar-refractivity contribution < 1.29 is 13.9 Å². The summed E-state index contributed by atoms with van der Waals surface area (Å²) in [6.45, 7) is 1.77. The number of allylic oxidation sites excluding steroid dienone is 1. The van der Waals surface area contributed by atoms with Gasteiger partial charge in [0.1, 0.15) is 22.8 Å². The Labute approximate surface area is 188 Å². The Bertz CT molecular complexity index is 1310. The lowest BCUT2D eigenvalue weighted by Crippen LogP contribution is -2.54. The molecule has 1 amide bonds. The van der Waals surface area contributed by atoms with Gasteiger partial charge < -0.3 is 20.2 Å². The maximum absolute atomic E-state index is 13.5. The number of ether oxygens (including phenoxy) is 1. The molecule has 1 saturated heterocycles. The number of nitrogens with one attached hydrogen (secondary N) is 2. The van der Waals surface area contributed by atoms with E-state index in [-0.39, 0.29) is 39.6 Å². The number of carbonyl (C=O) groups excluding carboxylic acids is 1. The fraction of sp³-hybridized carbons (Fsp3) is 0.227. The maximum Gasteiger partial charge on any atom is 0.277 e. The Hall–Kier alpha value is -3.74. The molecule has 3 aromatic rings. The first kappa shape index (κ1) is 20.2. The van der Waals surface area contributed by atoms with Crippen molar-refractivity contribution in [2.24, 2.45) is 0 Å². The SMILES string of the molecule is COc1cc(N)c(Cl)c2oc(C3=C(C)NC4C(c5ccccc5)C(C#N)NN4C3=O)nc12. The fourth-order valence-electron chi connectivity index (χ4n) is 4.28. The Morgan fingerprint density at radius 1 is 1.34 bits per heavy atom. The van der Waals surface area contributed by atoms with E-state index in [1.165, 1.54) is 12.1 Å². The number of amides is 1. The molecule has 1 aromatic heterocycles. The number of nitriles is 1. The minimum atomic E-state index is -0.594. The first-order chi connectivity index (χ1) is 15.4. The topological polar surface area (TPSA) is 129 Å². The smallest absolute Gasteiger partial charge is 0.277 e. The average Bonchev–Trinajstić information content (AvgIpc) is 3.39. The van der Waals surface area contributed by atoms with Crippen molar-refractivity contribution in [2.45, 2.75) is 25.0 Å². The van der Waals surface area contributed by atoms with Crippen LogP contribution in [0.3, 0.4) is 0 Å². The van der Waals surface area contributed by atoms with Crippen molar-refractivity contribution in [1.29, 1.82) is 5.26 Å². The van der Waals surface area contributed by atoms with Crippen LogP contribution >= 0.6 is 11.6 Å². The molecule has 2 aromatic carbocycles. The van der Waals surface area contributed by atoms with E-state index in [9.17, 15) is 10.1 Å². The van der Waals surface area contributed by atoms with Crippen LogP contribution in [0.25, 0.3) is 16.7 Å². The van der Waals surface area contributed by atoms with Gasteiger partial charge >= 0.3 is 0 Å². The van der Waals surface area contributed by atoms with Crippen LogP contribution in [0.5, 0.6) is 5.75 Å². The second-order valence-electron chi connectivity index (χ2n) is 7.62. The van der Waals surface area contributed by atoms with E-state index < -0.39 is 12.2 Å². The highest BCUT2D eigenvalue weighted by Crippen LogP contribution is 2.40. The quantitative estimate of drug-likeness (QED) is 0.519. The number of hydrogen-bond acceptors (Lipinski definition) is 8. The van der Waals surface area contributed by atoms with E-state index in [1.807, 2.05) is 30.3 Å². The van der Waals surface area contributed by atoms with Crippen LogP contribution in [0.15, 0.2) is 46.5 Å². The molecular formula is C22H19ClN6O3. The molecule has 3 unspecified atom stereocenters. The zero-order chi connectivity index (χ0) is 22.6. The van der Waals surface area contributed by atoms with Crippen LogP contribution < -0.4 is 21.2 Å². The number of rotatable bonds is 3. The molecule has 4 N–H and O–H groups in total. The molecule has 10 heteroatoms. The monoisotopic (exact) mass is 450 g/mol. The predicted octanol–water partition coefficient (Wildman–Crippen LogP) is 2.76. The van der Waals surface area contributed by atoms with E-state index in [2.05, 4.69) is 21.8 Å². The number of aromatic nitrogens is 1. The fourth-order valence-corrected chi connectivity index (χ4v) is 4.46. The van der Waals surface area contributed by atoms with Gasteiger partial charge in [0.25, 0.3) is 5.91 Å². The highest BCUT2D eigenvalue weighted by atomic mass is 35.5. The molecule has 0 radical (unpaired) electrons. The van der Waals surface area contributed by atoms with Gasteiger partial charge in [0.2, 0.25) is 5.89 Å². The van der Waals surface area contributed by atoms with Gasteiger partial charge in [0, 0.05) is 11.8 Å². The summed E-state index contributed by atoms with van der Waals surface area (Å²) in [6.07, 6.45) is -0.448. The lowest BCUT2D eigenvalue weighted by Gasteiger charge is -2.34. The predicted molar refractivity (Wildman–Crippen MR) is 118 cm³/mol. The number of nitrogen functional groups attached to an aromatic ring is 1. The standard InChI is InChI=1S/C22H19ClN6O3/c1-10-15(21-27-18-14(31-2)8-12(25)17(23)19(18)32-21)22(30)29-20(26-10)16(13(9-24)28-29)11-6-4-3-5-7-11/h3-8,13,16,20,26,28H,25H2,1-2H3. The molecule has 1 fully saturated rings. The third kappa shape index (κ3) is 2.88. The number of methoxy groups -OCH3 is 1. The van der Waals surface area contributed by atoms with Gasteiger partial charge in [-0.25, -0.2) is 15.4 Å². The van der Waals surface area contributed by atoms with Crippen LogP contribution in [0.2, 0.25) is 5.02 Å². The summed E-state index contributed by atoms with van der Waals surface area (Å²) in [7, 11) is 1.48. The molecule has 2 aliphatic heterocycles. The van der Waals surface area contributed by atoms with Crippen LogP contribution in [0, 0.1) is 11.3 Å². The van der Waals surface area contributed by atoms with Crippen LogP contribution in [0.1, 0.15) is 24.3 Å². The number of anilines is 1. The van der Waals surface area contributed by atoms with Crippen molar-refractivity contribution >= 4 is 39.9 Å². The van der Waals surface area contributed by atoms with Crippen molar-refractivity contribution in [3.05, 3.63) is 58.6 Å². The number of oxazole rings is 1. The molecule has 0 bridgehead atoms. The van der Waals surface area contributed by atoms with Crippen LogP contribution in [-0.4, -0.2) is 35.2 Å². The number of fused-ring (bicyclic) bond motifs is 2. The van der Waals surface area contributed by atoms with Crippen molar-refractivity contribution in [3.63, 3.8) is 0 Å². The Balaban J connectivity index is 1.60. The summed E-state index contributed by atoms with van der Waals surface area (Å²) < 4.78 is 11.2. The number of hydrogen-bond donors (Lipinski definition) is 3. The summed E-state index contributed by atoms with van der Waals surface area (Å²) in [5.74, 6) is -0.158. The number of benzene rings is 2. The summed E-state index contributed by atoms with van der Waals surface area (Å²) in [5, 5.41) is 14.7. The molecule has 162 valence electrons. The minimum absolute atomic E-state index is 0.0812. The molecule has 9 nitrogen and oxygen atoms in total. The van der Waals surface area contributed by atoms with Crippen molar-refractivity contribution in [1.82, 2.24) is 20.7 Å². The van der Waals surface area contributed by atoms with E-state index in [0.29, 0.717) is 17.0 Å². The van der Waals surface area contributed by atoms with Crippen molar-refractivity contribution in [2.75, 3.05) is 12.8 Å². The Kier molecular flexibility index (Phi) is 4.69. The van der Waals surface area contributed by atoms with E-state index in [1.54, 1.807) is 13.0 Å². The van der Waals surface area contributed by atoms with Gasteiger partial charge in [-0.3, -0.25) is 4.79 Å². The molecule has 2 aliphatic rings. The van der Waals surface area contributed by atoms with Crippen LogP contribution in [0.4, 0.5) is 5.69 Å². The number of halogens is 1. The van der Waals surface area contributed by atoms with Gasteiger partial charge in [-0.05, 0) is 12.5 Å². The van der Waals surface area contributed by atoms with Crippen molar-refractivity contribution in [3.8, 4) is 11.8 Å². The van der Waals surface area contributed by atoms with Crippen LogP contribution in [-0.2, 0) is 4.79 Å². The van der Waals surface area contributed by atoms with Gasteiger partial charge in [-0.2, -0.15) is 5.26 Å². The highest BCUT2D eigenvalue weighted by molar-refractivity contribution is 6.37. The van der Waals surface area contributed by atoms with E-state index >= 15 is 0 Å². The van der Waals surface area contributed by atoms with Gasteiger partial charge in [-0.15, -0.1) is 0 Å². The zero-order valence-electron chi connectivity index (χ0n) is 17.2.